The topological polar surface area (TPSA) is 77.9 Å². The molecule has 1 aliphatic heterocycles. The second kappa shape index (κ2) is 4.49. The van der Waals surface area contributed by atoms with Gasteiger partial charge in [-0.25, -0.2) is 13.2 Å². The van der Waals surface area contributed by atoms with Gasteiger partial charge in [-0.1, -0.05) is 18.2 Å². The molecule has 0 saturated heterocycles. The lowest BCUT2D eigenvalue weighted by atomic mass is 10.2. The van der Waals surface area contributed by atoms with Crippen LogP contribution in [0, 0.1) is 0 Å². The van der Waals surface area contributed by atoms with Crippen molar-refractivity contribution in [3.05, 3.63) is 48.5 Å². The normalized spacial score (nSPS) is 16.7. The number of phenols is 1. The summed E-state index contributed by atoms with van der Waals surface area (Å²) in [7, 11) is -2.54. The highest BCUT2D eigenvalue weighted by Gasteiger charge is 2.41. The summed E-state index contributed by atoms with van der Waals surface area (Å²) in [5, 5.41) is 9.50. The lowest BCUT2D eigenvalue weighted by Crippen LogP contribution is -2.49. The molecule has 1 heterocycles. The number of benzene rings is 2. The van der Waals surface area contributed by atoms with Crippen LogP contribution >= 0.6 is 0 Å². The molecule has 0 saturated carbocycles. The number of hydrogen-bond acceptors (Lipinski definition) is 4. The largest absolute Gasteiger partial charge is 0.508 e. The number of sulfonamides is 1. The molecule has 0 aliphatic carbocycles. The molecule has 0 radical (unpaired) electrons. The van der Waals surface area contributed by atoms with Crippen LogP contribution < -0.4 is 9.21 Å². The van der Waals surface area contributed by atoms with Crippen LogP contribution in [0.15, 0.2) is 53.4 Å². The molecule has 3 rings (SSSR count). The van der Waals surface area contributed by atoms with Crippen molar-refractivity contribution in [2.24, 2.45) is 0 Å². The summed E-state index contributed by atoms with van der Waals surface area (Å²) in [5.41, 5.74) is 0.431. The van der Waals surface area contributed by atoms with Crippen LogP contribution in [0.1, 0.15) is 0 Å². The quantitative estimate of drug-likeness (QED) is 0.875. The molecule has 0 aromatic heterocycles. The van der Waals surface area contributed by atoms with E-state index in [-0.39, 0.29) is 22.0 Å². The Hall–Kier alpha value is -2.54. The molecule has 1 N–H and O–H groups in total. The van der Waals surface area contributed by atoms with E-state index in [0.29, 0.717) is 0 Å². The van der Waals surface area contributed by atoms with Gasteiger partial charge in [-0.15, -0.1) is 0 Å². The van der Waals surface area contributed by atoms with Crippen molar-refractivity contribution >= 4 is 27.4 Å². The van der Waals surface area contributed by atoms with Crippen LogP contribution in [-0.4, -0.2) is 26.6 Å². The fourth-order valence-corrected chi connectivity index (χ4v) is 3.86. The molecule has 108 valence electrons. The van der Waals surface area contributed by atoms with Crippen LogP contribution in [0.3, 0.4) is 0 Å². The first kappa shape index (κ1) is 13.4. The van der Waals surface area contributed by atoms with Gasteiger partial charge in [0.15, 0.2) is 0 Å². The van der Waals surface area contributed by atoms with Gasteiger partial charge in [0.2, 0.25) is 0 Å². The van der Waals surface area contributed by atoms with E-state index >= 15 is 0 Å². The van der Waals surface area contributed by atoms with E-state index < -0.39 is 16.1 Å². The fraction of sp³-hybridized carbons (Fsp3) is 0.0714. The number of rotatable bonds is 1. The van der Waals surface area contributed by atoms with Gasteiger partial charge < -0.3 is 5.11 Å². The number of anilines is 2. The van der Waals surface area contributed by atoms with Gasteiger partial charge in [-0.3, -0.25) is 4.90 Å². The standard InChI is InChI=1S/C14H12N2O4S/c1-15-12-9-11(17)7-8-13(12)21(19,20)16(14(15)18)10-5-3-2-4-6-10/h2-9,17H,1H3. The molecule has 2 amide bonds. The third kappa shape index (κ3) is 1.93. The number of fused-ring (bicyclic) bond motifs is 1. The summed E-state index contributed by atoms with van der Waals surface area (Å²) in [6, 6.07) is 11.3. The average Bonchev–Trinajstić information content (AvgIpc) is 2.46. The molecule has 0 spiro atoms. The van der Waals surface area contributed by atoms with Crippen LogP contribution in [0.4, 0.5) is 16.2 Å². The smallest absolute Gasteiger partial charge is 0.342 e. The number of carbonyl (C=O) groups excluding carboxylic acids is 1. The number of phenolic OH excluding ortho intramolecular Hbond substituents is 1. The Balaban J connectivity index is 2.27. The number of nitrogens with zero attached hydrogens (tertiary/aromatic N) is 2. The predicted molar refractivity (Wildman–Crippen MR) is 78.0 cm³/mol. The average molecular weight is 304 g/mol. The molecule has 2 aromatic carbocycles. The number of urea groups is 1. The second-order valence-electron chi connectivity index (χ2n) is 4.60. The van der Waals surface area contributed by atoms with E-state index in [1.54, 1.807) is 30.3 Å². The summed E-state index contributed by atoms with van der Waals surface area (Å²) in [6.45, 7) is 0. The highest BCUT2D eigenvalue weighted by atomic mass is 32.2. The van der Waals surface area contributed by atoms with Gasteiger partial charge >= 0.3 is 6.03 Å². The van der Waals surface area contributed by atoms with Crippen LogP contribution in [0.25, 0.3) is 0 Å². The lowest BCUT2D eigenvalue weighted by Gasteiger charge is -2.34. The molecule has 0 unspecified atom stereocenters. The van der Waals surface area contributed by atoms with Gasteiger partial charge in [-0.2, -0.15) is 4.31 Å². The van der Waals surface area contributed by atoms with Crippen molar-refractivity contribution in [3.63, 3.8) is 0 Å². The van der Waals surface area contributed by atoms with Gasteiger partial charge in [-0.05, 0) is 24.3 Å². The fourth-order valence-electron chi connectivity index (χ4n) is 2.24. The van der Waals surface area contributed by atoms with E-state index in [0.717, 1.165) is 4.31 Å². The first-order chi connectivity index (χ1) is 9.93. The number of hydrogen-bond donors (Lipinski definition) is 1. The maximum atomic E-state index is 12.7. The number of para-hydroxylation sites is 1. The number of aromatic hydroxyl groups is 1. The van der Waals surface area contributed by atoms with Gasteiger partial charge in [0.1, 0.15) is 10.6 Å². The Bertz CT molecular complexity index is 818. The zero-order chi connectivity index (χ0) is 15.2. The first-order valence-electron chi connectivity index (χ1n) is 6.14. The minimum Gasteiger partial charge on any atom is -0.508 e. The maximum absolute atomic E-state index is 12.7. The number of amides is 2. The Morgan fingerprint density at radius 3 is 2.38 bits per heavy atom. The monoisotopic (exact) mass is 304 g/mol. The van der Waals surface area contributed by atoms with Gasteiger partial charge in [0.05, 0.1) is 11.4 Å². The molecule has 1 aliphatic rings. The van der Waals surface area contributed by atoms with Crippen LogP contribution in [-0.2, 0) is 10.0 Å². The van der Waals surface area contributed by atoms with Crippen molar-refractivity contribution in [1.82, 2.24) is 0 Å². The third-order valence-corrected chi connectivity index (χ3v) is 5.02. The molecule has 7 heteroatoms. The summed E-state index contributed by atoms with van der Waals surface area (Å²) >= 11 is 0. The van der Waals surface area contributed by atoms with E-state index in [9.17, 15) is 18.3 Å². The molecular formula is C14H12N2O4S. The molecule has 0 fully saturated rings. The van der Waals surface area contributed by atoms with Crippen molar-refractivity contribution in [3.8, 4) is 5.75 Å². The van der Waals surface area contributed by atoms with E-state index in [2.05, 4.69) is 0 Å². The summed E-state index contributed by atoms with van der Waals surface area (Å²) in [5.74, 6) is -0.100. The molecule has 6 nitrogen and oxygen atoms in total. The maximum Gasteiger partial charge on any atom is 0.342 e. The Kier molecular flexibility index (Phi) is 2.87. The molecule has 2 aromatic rings. The minimum absolute atomic E-state index is 0.0220. The SMILES string of the molecule is CN1C(=O)N(c2ccccc2)S(=O)(=O)c2ccc(O)cc21. The summed E-state index contributed by atoms with van der Waals surface area (Å²) in [4.78, 5) is 13.6. The van der Waals surface area contributed by atoms with Gasteiger partial charge in [0, 0.05) is 13.1 Å². The van der Waals surface area contributed by atoms with Gasteiger partial charge in [0.25, 0.3) is 10.0 Å². The lowest BCUT2D eigenvalue weighted by molar-refractivity contribution is 0.255. The molecule has 21 heavy (non-hydrogen) atoms. The van der Waals surface area contributed by atoms with E-state index in [1.807, 2.05) is 0 Å². The second-order valence-corrected chi connectivity index (χ2v) is 6.35. The van der Waals surface area contributed by atoms with Crippen molar-refractivity contribution in [2.75, 3.05) is 16.3 Å². The highest BCUT2D eigenvalue weighted by molar-refractivity contribution is 7.94. The Morgan fingerprint density at radius 2 is 1.71 bits per heavy atom. The summed E-state index contributed by atoms with van der Waals surface area (Å²) in [6.07, 6.45) is 0. The predicted octanol–water partition coefficient (Wildman–Crippen LogP) is 2.16. The Labute approximate surface area is 121 Å². The third-order valence-electron chi connectivity index (χ3n) is 3.27. The zero-order valence-corrected chi connectivity index (χ0v) is 11.9. The zero-order valence-electron chi connectivity index (χ0n) is 11.1. The Morgan fingerprint density at radius 1 is 1.05 bits per heavy atom. The van der Waals surface area contributed by atoms with Crippen molar-refractivity contribution in [2.45, 2.75) is 4.90 Å². The molecule has 0 atom stereocenters. The molecular weight excluding hydrogens is 292 g/mol. The van der Waals surface area contributed by atoms with Crippen LogP contribution in [0.2, 0.25) is 0 Å². The van der Waals surface area contributed by atoms with E-state index in [1.165, 1.54) is 30.1 Å². The van der Waals surface area contributed by atoms with Crippen LogP contribution in [0.5, 0.6) is 5.75 Å². The minimum atomic E-state index is -4.00. The van der Waals surface area contributed by atoms with Crippen molar-refractivity contribution < 1.29 is 18.3 Å². The molecule has 0 bridgehead atoms. The number of carbonyl (C=O) groups is 1. The van der Waals surface area contributed by atoms with E-state index in [4.69, 9.17) is 0 Å². The highest BCUT2D eigenvalue weighted by Crippen LogP contribution is 2.37. The first-order valence-corrected chi connectivity index (χ1v) is 7.58. The summed E-state index contributed by atoms with van der Waals surface area (Å²) < 4.78 is 26.1. The van der Waals surface area contributed by atoms with Crippen molar-refractivity contribution in [1.29, 1.82) is 0 Å².